The van der Waals surface area contributed by atoms with Crippen LogP contribution in [0.3, 0.4) is 0 Å². The Morgan fingerprint density at radius 1 is 1.24 bits per heavy atom. The molecule has 1 aromatic rings. The molecule has 6 heteroatoms. The smallest absolute Gasteiger partial charge is 0.336 e. The van der Waals surface area contributed by atoms with Gasteiger partial charge < -0.3 is 15.0 Å². The molecule has 1 fully saturated rings. The molecule has 3 rings (SSSR count). The van der Waals surface area contributed by atoms with E-state index in [1.165, 1.54) is 0 Å². The number of benzene rings is 1. The van der Waals surface area contributed by atoms with E-state index in [4.69, 9.17) is 4.74 Å². The first-order valence-corrected chi connectivity index (χ1v) is 8.40. The van der Waals surface area contributed by atoms with Crippen molar-refractivity contribution in [3.63, 3.8) is 0 Å². The summed E-state index contributed by atoms with van der Waals surface area (Å²) in [5, 5.41) is 3.05. The molecule has 1 heterocycles. The Labute approximate surface area is 146 Å². The molecule has 2 aliphatic rings. The normalized spacial score (nSPS) is 24.0. The lowest BCUT2D eigenvalue weighted by Gasteiger charge is -2.28. The molecule has 1 aliphatic carbocycles. The second-order valence-electron chi connectivity index (χ2n) is 6.42. The Hall–Kier alpha value is -2.05. The number of ether oxygens (including phenoxy) is 1. The number of piperazine rings is 1. The van der Waals surface area contributed by atoms with Crippen molar-refractivity contribution in [2.75, 3.05) is 19.6 Å². The third-order valence-electron chi connectivity index (χ3n) is 4.35. The quantitative estimate of drug-likeness (QED) is 0.890. The highest BCUT2D eigenvalue weighted by Crippen LogP contribution is 2.31. The number of alkyl halides is 2. The summed E-state index contributed by atoms with van der Waals surface area (Å²) >= 11 is 0. The summed E-state index contributed by atoms with van der Waals surface area (Å²) in [6, 6.07) is 7.72. The minimum Gasteiger partial charge on any atom is -0.336 e. The van der Waals surface area contributed by atoms with Crippen molar-refractivity contribution in [1.29, 1.82) is 0 Å². The number of hydrogen-bond donors (Lipinski definition) is 1. The minimum atomic E-state index is -3.18. The molecule has 0 radical (unpaired) electrons. The molecule has 1 saturated heterocycles. The number of carbonyl (C=O) groups excluding carboxylic acids is 1. The molecule has 134 valence electrons. The first-order chi connectivity index (χ1) is 11.9. The zero-order valence-electron chi connectivity index (χ0n) is 14.1. The van der Waals surface area contributed by atoms with E-state index >= 15 is 0 Å². The molecular weight excluding hydrogens is 326 g/mol. The lowest BCUT2D eigenvalue weighted by molar-refractivity contribution is -0.242. The fourth-order valence-electron chi connectivity index (χ4n) is 3.12. The molecule has 0 bridgehead atoms. The number of hydrogen-bond acceptors (Lipinski definition) is 3. The van der Waals surface area contributed by atoms with Crippen LogP contribution in [0.1, 0.15) is 24.0 Å². The molecule has 0 spiro atoms. The lowest BCUT2D eigenvalue weighted by Crippen LogP contribution is -2.47. The van der Waals surface area contributed by atoms with Gasteiger partial charge in [0.1, 0.15) is 0 Å². The van der Waals surface area contributed by atoms with E-state index in [1.54, 1.807) is 12.2 Å². The molecule has 4 nitrogen and oxygen atoms in total. The number of carbonyl (C=O) groups is 1. The van der Waals surface area contributed by atoms with Crippen molar-refractivity contribution in [3.8, 4) is 0 Å². The Kier molecular flexibility index (Phi) is 5.30. The van der Waals surface area contributed by atoms with Crippen molar-refractivity contribution in [2.45, 2.75) is 31.6 Å². The number of amides is 1. The first kappa shape index (κ1) is 17.8. The van der Waals surface area contributed by atoms with Gasteiger partial charge >= 0.3 is 6.11 Å². The third kappa shape index (κ3) is 4.74. The van der Waals surface area contributed by atoms with Crippen LogP contribution in [0.2, 0.25) is 0 Å². The lowest BCUT2D eigenvalue weighted by atomic mass is 9.89. The van der Waals surface area contributed by atoms with Crippen LogP contribution in [0.5, 0.6) is 0 Å². The number of halogens is 2. The van der Waals surface area contributed by atoms with Crippen molar-refractivity contribution < 1.29 is 18.3 Å². The molecule has 1 amide bonds. The summed E-state index contributed by atoms with van der Waals surface area (Å²) in [5.41, 5.74) is 1.93. The van der Waals surface area contributed by atoms with Crippen molar-refractivity contribution >= 4 is 5.91 Å². The Bertz CT molecular complexity index is 665. The molecule has 1 N–H and O–H groups in total. The van der Waals surface area contributed by atoms with Crippen LogP contribution in [-0.4, -0.2) is 42.7 Å². The van der Waals surface area contributed by atoms with Gasteiger partial charge in [0.2, 0.25) is 5.91 Å². The highest BCUT2D eigenvalue weighted by Gasteiger charge is 2.31. The SMILES string of the molecule is CC(F)(F)OC1C=CC=CC1c1ccc(CN2CCNCC2=O)cc1. The molecule has 0 aromatic heterocycles. The van der Waals surface area contributed by atoms with E-state index in [1.807, 2.05) is 41.3 Å². The topological polar surface area (TPSA) is 41.6 Å². The fourth-order valence-corrected chi connectivity index (χ4v) is 3.12. The number of rotatable bonds is 5. The van der Waals surface area contributed by atoms with Crippen LogP contribution in [0, 0.1) is 0 Å². The Morgan fingerprint density at radius 3 is 2.64 bits per heavy atom. The van der Waals surface area contributed by atoms with Gasteiger partial charge in [-0.3, -0.25) is 4.79 Å². The highest BCUT2D eigenvalue weighted by atomic mass is 19.3. The van der Waals surface area contributed by atoms with Crippen LogP contribution < -0.4 is 5.32 Å². The van der Waals surface area contributed by atoms with E-state index in [-0.39, 0.29) is 11.8 Å². The maximum atomic E-state index is 13.2. The first-order valence-electron chi connectivity index (χ1n) is 8.40. The summed E-state index contributed by atoms with van der Waals surface area (Å²) < 4.78 is 31.3. The average Bonchev–Trinajstić information content (AvgIpc) is 2.57. The van der Waals surface area contributed by atoms with E-state index in [0.29, 0.717) is 19.6 Å². The largest absolute Gasteiger partial charge is 0.353 e. The van der Waals surface area contributed by atoms with E-state index < -0.39 is 12.2 Å². The van der Waals surface area contributed by atoms with Gasteiger partial charge in [-0.15, -0.1) is 0 Å². The maximum absolute atomic E-state index is 13.2. The van der Waals surface area contributed by atoms with Crippen molar-refractivity contribution in [1.82, 2.24) is 10.2 Å². The summed E-state index contributed by atoms with van der Waals surface area (Å²) in [7, 11) is 0. The van der Waals surface area contributed by atoms with E-state index in [0.717, 1.165) is 24.6 Å². The number of allylic oxidation sites excluding steroid dienone is 2. The van der Waals surface area contributed by atoms with Gasteiger partial charge in [-0.25, -0.2) is 0 Å². The van der Waals surface area contributed by atoms with Gasteiger partial charge in [0.05, 0.1) is 12.6 Å². The zero-order chi connectivity index (χ0) is 17.9. The van der Waals surface area contributed by atoms with Gasteiger partial charge in [-0.05, 0) is 11.1 Å². The maximum Gasteiger partial charge on any atom is 0.353 e. The molecule has 0 saturated carbocycles. The predicted octanol–water partition coefficient (Wildman–Crippen LogP) is 2.83. The molecule has 25 heavy (non-hydrogen) atoms. The fraction of sp³-hybridized carbons (Fsp3) is 0.421. The molecule has 1 aliphatic heterocycles. The van der Waals surface area contributed by atoms with Crippen LogP contribution in [0.25, 0.3) is 0 Å². The van der Waals surface area contributed by atoms with Crippen LogP contribution in [0.4, 0.5) is 8.78 Å². The Morgan fingerprint density at radius 2 is 1.96 bits per heavy atom. The van der Waals surface area contributed by atoms with E-state index in [2.05, 4.69) is 5.32 Å². The average molecular weight is 348 g/mol. The number of nitrogens with zero attached hydrogens (tertiary/aromatic N) is 1. The monoisotopic (exact) mass is 348 g/mol. The molecule has 2 unspecified atom stereocenters. The minimum absolute atomic E-state index is 0.0920. The van der Waals surface area contributed by atoms with Gasteiger partial charge in [0, 0.05) is 32.5 Å². The highest BCUT2D eigenvalue weighted by molar-refractivity contribution is 5.79. The van der Waals surface area contributed by atoms with Gasteiger partial charge in [-0.1, -0.05) is 48.6 Å². The summed E-state index contributed by atoms with van der Waals surface area (Å²) in [6.07, 6.45) is 3.19. The van der Waals surface area contributed by atoms with Crippen LogP contribution in [0.15, 0.2) is 48.6 Å². The van der Waals surface area contributed by atoms with Crippen LogP contribution >= 0.6 is 0 Å². The predicted molar refractivity (Wildman–Crippen MR) is 91.2 cm³/mol. The number of nitrogens with one attached hydrogen (secondary N) is 1. The van der Waals surface area contributed by atoms with E-state index in [9.17, 15) is 13.6 Å². The molecular formula is C19H22F2N2O2. The molecule has 1 aromatic carbocycles. The van der Waals surface area contributed by atoms with Gasteiger partial charge in [-0.2, -0.15) is 8.78 Å². The zero-order valence-corrected chi connectivity index (χ0v) is 14.1. The molecule has 2 atom stereocenters. The second-order valence-corrected chi connectivity index (χ2v) is 6.42. The van der Waals surface area contributed by atoms with Gasteiger partial charge in [0.15, 0.2) is 0 Å². The third-order valence-corrected chi connectivity index (χ3v) is 4.35. The van der Waals surface area contributed by atoms with Crippen molar-refractivity contribution in [3.05, 3.63) is 59.7 Å². The standard InChI is InChI=1S/C19H22F2N2O2/c1-19(20,21)25-17-5-3-2-4-16(17)15-8-6-14(7-9-15)13-23-11-10-22-12-18(23)24/h2-9,16-17,22H,10-13H2,1H3. The Balaban J connectivity index is 1.69. The summed E-state index contributed by atoms with van der Waals surface area (Å²) in [6.45, 7) is 3.19. The summed E-state index contributed by atoms with van der Waals surface area (Å²) in [4.78, 5) is 13.7. The van der Waals surface area contributed by atoms with Crippen molar-refractivity contribution in [2.24, 2.45) is 0 Å². The summed E-state index contributed by atoms with van der Waals surface area (Å²) in [5.74, 6) is -0.167. The van der Waals surface area contributed by atoms with Crippen LogP contribution in [-0.2, 0) is 16.1 Å². The second kappa shape index (κ2) is 7.45. The van der Waals surface area contributed by atoms with Gasteiger partial charge in [0.25, 0.3) is 0 Å².